The van der Waals surface area contributed by atoms with Crippen LogP contribution in [0.1, 0.15) is 12.8 Å². The maximum absolute atomic E-state index is 12.0. The zero-order valence-corrected chi connectivity index (χ0v) is 13.0. The van der Waals surface area contributed by atoms with Crippen LogP contribution in [-0.2, 0) is 18.3 Å². The molecule has 1 heterocycles. The molecular formula is C10H13Cl2NO4S2. The number of hydrogen-bond donors (Lipinski definition) is 0. The van der Waals surface area contributed by atoms with Crippen LogP contribution in [0.2, 0.25) is 0 Å². The van der Waals surface area contributed by atoms with Crippen LogP contribution >= 0.6 is 21.4 Å². The number of nitrogens with zero attached hydrogens (tertiary/aromatic N) is 1. The summed E-state index contributed by atoms with van der Waals surface area (Å²) in [5.74, 6) is 0. The molecular weight excluding hydrogens is 333 g/mol. The Hall–Kier alpha value is -0.340. The molecule has 5 nitrogen and oxygen atoms in total. The summed E-state index contributed by atoms with van der Waals surface area (Å²) in [7, 11) is 1.61. The molecule has 0 N–H and O–H groups in total. The fourth-order valence-corrected chi connectivity index (χ4v) is 3.21. The van der Waals surface area contributed by atoms with Gasteiger partial charge in [-0.05, 0) is 25.0 Å². The molecule has 0 bridgehead atoms. The maximum atomic E-state index is 12.0. The maximum Gasteiger partial charge on any atom is 0.317 e. The highest BCUT2D eigenvalue weighted by Crippen LogP contribution is 2.19. The van der Waals surface area contributed by atoms with Gasteiger partial charge in [0.15, 0.2) is 0 Å². The number of sulfonamides is 1. The van der Waals surface area contributed by atoms with Gasteiger partial charge in [0.1, 0.15) is 0 Å². The van der Waals surface area contributed by atoms with Crippen LogP contribution in [0.5, 0.6) is 0 Å². The second-order valence-corrected chi connectivity index (χ2v) is 9.41. The summed E-state index contributed by atoms with van der Waals surface area (Å²) >= 11 is 0. The Labute approximate surface area is 122 Å². The van der Waals surface area contributed by atoms with Crippen molar-refractivity contribution in [1.29, 1.82) is 0 Å². The van der Waals surface area contributed by atoms with Crippen molar-refractivity contribution in [2.75, 3.05) is 13.1 Å². The lowest BCUT2D eigenvalue weighted by molar-refractivity contribution is 0.477. The SMILES string of the molecule is O=S(=O)(Cl)Cl.O=S(=O)(c1ccccc1)N1CCCC1. The highest BCUT2D eigenvalue weighted by Gasteiger charge is 2.26. The first kappa shape index (κ1) is 16.7. The molecule has 0 unspecified atom stereocenters. The molecule has 0 saturated carbocycles. The molecule has 19 heavy (non-hydrogen) atoms. The average molecular weight is 346 g/mol. The highest BCUT2D eigenvalue weighted by molar-refractivity contribution is 8.31. The molecule has 1 fully saturated rings. The van der Waals surface area contributed by atoms with Crippen molar-refractivity contribution in [1.82, 2.24) is 4.31 Å². The lowest BCUT2D eigenvalue weighted by Crippen LogP contribution is -2.27. The molecule has 0 amide bonds. The zero-order valence-electron chi connectivity index (χ0n) is 9.87. The Bertz CT molecular complexity index is 588. The Morgan fingerprint density at radius 1 is 0.895 bits per heavy atom. The van der Waals surface area contributed by atoms with E-state index in [2.05, 4.69) is 21.4 Å². The summed E-state index contributed by atoms with van der Waals surface area (Å²) in [6.07, 6.45) is 1.96. The van der Waals surface area contributed by atoms with Crippen LogP contribution < -0.4 is 0 Å². The summed E-state index contributed by atoms with van der Waals surface area (Å²) in [5, 5.41) is 0. The van der Waals surface area contributed by atoms with E-state index < -0.39 is 18.3 Å². The molecule has 0 aliphatic carbocycles. The van der Waals surface area contributed by atoms with Crippen molar-refractivity contribution >= 4 is 39.7 Å². The van der Waals surface area contributed by atoms with Gasteiger partial charge in [0.2, 0.25) is 10.0 Å². The van der Waals surface area contributed by atoms with E-state index >= 15 is 0 Å². The lowest BCUT2D eigenvalue weighted by atomic mass is 10.4. The van der Waals surface area contributed by atoms with Crippen molar-refractivity contribution in [2.45, 2.75) is 17.7 Å². The van der Waals surface area contributed by atoms with Gasteiger partial charge in [-0.15, -0.1) is 0 Å². The van der Waals surface area contributed by atoms with Gasteiger partial charge in [-0.3, -0.25) is 0 Å². The molecule has 0 radical (unpaired) electrons. The smallest absolute Gasteiger partial charge is 0.207 e. The van der Waals surface area contributed by atoms with Crippen molar-refractivity contribution in [2.24, 2.45) is 0 Å². The fourth-order valence-electron chi connectivity index (χ4n) is 1.67. The second kappa shape index (κ2) is 6.90. The molecule has 0 spiro atoms. The molecule has 1 aliphatic rings. The van der Waals surface area contributed by atoms with Gasteiger partial charge in [-0.1, -0.05) is 18.2 Å². The topological polar surface area (TPSA) is 71.5 Å². The fraction of sp³-hybridized carbons (Fsp3) is 0.400. The third kappa shape index (κ3) is 6.09. The Balaban J connectivity index is 0.000000312. The van der Waals surface area contributed by atoms with Gasteiger partial charge < -0.3 is 0 Å². The first-order valence-electron chi connectivity index (χ1n) is 5.41. The third-order valence-electron chi connectivity index (χ3n) is 2.45. The van der Waals surface area contributed by atoms with E-state index in [-0.39, 0.29) is 0 Å². The average Bonchev–Trinajstić information content (AvgIpc) is 2.82. The van der Waals surface area contributed by atoms with Gasteiger partial charge >= 0.3 is 8.26 Å². The molecule has 1 saturated heterocycles. The van der Waals surface area contributed by atoms with Crippen LogP contribution in [0.3, 0.4) is 0 Å². The molecule has 2 rings (SSSR count). The first-order chi connectivity index (χ1) is 8.71. The third-order valence-corrected chi connectivity index (χ3v) is 4.36. The number of rotatable bonds is 2. The largest absolute Gasteiger partial charge is 0.317 e. The number of hydrogen-bond acceptors (Lipinski definition) is 4. The quantitative estimate of drug-likeness (QED) is 0.770. The van der Waals surface area contributed by atoms with Crippen LogP contribution in [-0.4, -0.2) is 34.2 Å². The molecule has 9 heteroatoms. The normalized spacial score (nSPS) is 16.7. The molecule has 1 aromatic carbocycles. The van der Waals surface area contributed by atoms with E-state index in [0.29, 0.717) is 18.0 Å². The Morgan fingerprint density at radius 2 is 1.32 bits per heavy atom. The van der Waals surface area contributed by atoms with Crippen molar-refractivity contribution in [3.63, 3.8) is 0 Å². The van der Waals surface area contributed by atoms with Gasteiger partial charge in [-0.2, -0.15) is 12.7 Å². The number of benzene rings is 1. The van der Waals surface area contributed by atoms with Crippen LogP contribution in [0.25, 0.3) is 0 Å². The molecule has 108 valence electrons. The van der Waals surface area contributed by atoms with Crippen LogP contribution in [0.4, 0.5) is 0 Å². The Kier molecular flexibility index (Phi) is 6.07. The van der Waals surface area contributed by atoms with Gasteiger partial charge in [0.05, 0.1) is 4.90 Å². The van der Waals surface area contributed by atoms with E-state index in [0.717, 1.165) is 12.8 Å². The van der Waals surface area contributed by atoms with Crippen molar-refractivity contribution in [3.8, 4) is 0 Å². The van der Waals surface area contributed by atoms with Gasteiger partial charge in [0, 0.05) is 34.5 Å². The second-order valence-electron chi connectivity index (χ2n) is 3.80. The van der Waals surface area contributed by atoms with E-state index in [9.17, 15) is 8.42 Å². The summed E-state index contributed by atoms with van der Waals surface area (Å²) in [5.41, 5.74) is 0. The Morgan fingerprint density at radius 3 is 1.74 bits per heavy atom. The molecule has 0 aromatic heterocycles. The lowest BCUT2D eigenvalue weighted by Gasteiger charge is -2.14. The predicted molar refractivity (Wildman–Crippen MR) is 75.1 cm³/mol. The summed E-state index contributed by atoms with van der Waals surface area (Å²) in [6, 6.07) is 8.62. The van der Waals surface area contributed by atoms with Crippen LogP contribution in [0, 0.1) is 0 Å². The molecule has 0 atom stereocenters. The van der Waals surface area contributed by atoms with E-state index in [1.807, 2.05) is 6.07 Å². The van der Waals surface area contributed by atoms with Gasteiger partial charge in [-0.25, -0.2) is 8.42 Å². The van der Waals surface area contributed by atoms with E-state index in [1.165, 1.54) is 0 Å². The standard InChI is InChI=1S/C10H13NO2S.Cl2O2S/c12-14(13,11-8-4-5-9-11)10-6-2-1-3-7-10;1-5(2,3)4/h1-3,6-7H,4-5,8-9H2;. The van der Waals surface area contributed by atoms with E-state index in [1.54, 1.807) is 28.6 Å². The van der Waals surface area contributed by atoms with Crippen molar-refractivity contribution < 1.29 is 16.8 Å². The minimum atomic E-state index is -3.72. The summed E-state index contributed by atoms with van der Waals surface area (Å²) < 4.78 is 43.8. The number of halogens is 2. The summed E-state index contributed by atoms with van der Waals surface area (Å²) in [6.45, 7) is 1.33. The minimum absolute atomic E-state index is 0.405. The predicted octanol–water partition coefficient (Wildman–Crippen LogP) is 2.18. The zero-order chi connectivity index (χ0) is 14.5. The molecule has 1 aliphatic heterocycles. The van der Waals surface area contributed by atoms with Crippen LogP contribution in [0.15, 0.2) is 35.2 Å². The van der Waals surface area contributed by atoms with Crippen molar-refractivity contribution in [3.05, 3.63) is 30.3 Å². The first-order valence-corrected chi connectivity index (χ1v) is 9.98. The monoisotopic (exact) mass is 345 g/mol. The minimum Gasteiger partial charge on any atom is -0.207 e. The highest BCUT2D eigenvalue weighted by atomic mass is 36.0. The van der Waals surface area contributed by atoms with Gasteiger partial charge in [0.25, 0.3) is 0 Å². The van der Waals surface area contributed by atoms with E-state index in [4.69, 9.17) is 8.42 Å². The molecule has 1 aromatic rings. The summed E-state index contributed by atoms with van der Waals surface area (Å²) in [4.78, 5) is 0.405.